The molecule has 2 rings (SSSR count). The number of benzene rings is 1. The van der Waals surface area contributed by atoms with Crippen molar-refractivity contribution >= 4 is 16.6 Å². The van der Waals surface area contributed by atoms with Crippen LogP contribution in [0.5, 0.6) is 5.75 Å². The van der Waals surface area contributed by atoms with Gasteiger partial charge in [-0.15, -0.1) is 13.2 Å². The Morgan fingerprint density at radius 2 is 2.15 bits per heavy atom. The Hall–Kier alpha value is -2.49. The molecule has 2 aromatic rings. The second-order valence-electron chi connectivity index (χ2n) is 3.89. The van der Waals surface area contributed by atoms with Crippen LogP contribution in [-0.4, -0.2) is 17.9 Å². The number of fused-ring (bicyclic) bond motifs is 1. The molecule has 4 nitrogen and oxygen atoms in total. The normalized spacial score (nSPS) is 11.2. The van der Waals surface area contributed by atoms with E-state index in [1.165, 1.54) is 18.3 Å². The summed E-state index contributed by atoms with van der Waals surface area (Å²) in [5.41, 5.74) is 0.774. The molecule has 1 heterocycles. The number of hydrogen-bond donors (Lipinski definition) is 1. The van der Waals surface area contributed by atoms with Gasteiger partial charge in [-0.1, -0.05) is 12.1 Å². The molecule has 0 aliphatic rings. The second kappa shape index (κ2) is 5.25. The molecular weight excluding hydrogens is 271 g/mol. The van der Waals surface area contributed by atoms with E-state index in [1.54, 1.807) is 6.07 Å². The topological polar surface area (TPSA) is 57.9 Å². The minimum Gasteiger partial charge on any atom is -0.403 e. The van der Waals surface area contributed by atoms with E-state index >= 15 is 0 Å². The third-order valence-corrected chi connectivity index (χ3v) is 2.56. The molecule has 1 aromatic heterocycles. The van der Waals surface area contributed by atoms with Gasteiger partial charge in [-0.3, -0.25) is 4.98 Å². The highest BCUT2D eigenvalue weighted by molar-refractivity contribution is 5.97. The number of pyridine rings is 1. The van der Waals surface area contributed by atoms with E-state index in [1.807, 2.05) is 13.0 Å². The van der Waals surface area contributed by atoms with Gasteiger partial charge in [0.15, 0.2) is 5.75 Å². The molecule has 0 fully saturated rings. The highest BCUT2D eigenvalue weighted by Gasteiger charge is 2.32. The highest BCUT2D eigenvalue weighted by Crippen LogP contribution is 2.33. The molecule has 0 aliphatic heterocycles. The number of aromatic nitrogens is 1. The zero-order chi connectivity index (χ0) is 14.8. The Kier molecular flexibility index (Phi) is 3.66. The minimum absolute atomic E-state index is 0.0553. The van der Waals surface area contributed by atoms with Gasteiger partial charge in [-0.05, 0) is 13.0 Å². The zero-order valence-electron chi connectivity index (χ0n) is 10.5. The molecule has 104 valence electrons. The van der Waals surface area contributed by atoms with Crippen LogP contribution < -0.4 is 10.1 Å². The number of hydrogen-bond acceptors (Lipinski definition) is 4. The molecule has 0 unspecified atom stereocenters. The summed E-state index contributed by atoms with van der Waals surface area (Å²) in [6.07, 6.45) is -3.56. The van der Waals surface area contributed by atoms with E-state index in [9.17, 15) is 13.2 Å². The lowest BCUT2D eigenvalue weighted by atomic mass is 10.1. The number of nitrogens with zero attached hydrogens (tertiary/aromatic N) is 2. The number of rotatable bonds is 3. The summed E-state index contributed by atoms with van der Waals surface area (Å²) in [5, 5.41) is 12.4. The van der Waals surface area contributed by atoms with E-state index in [2.05, 4.69) is 15.0 Å². The summed E-state index contributed by atoms with van der Waals surface area (Å²) in [7, 11) is 0. The van der Waals surface area contributed by atoms with E-state index in [0.717, 1.165) is 0 Å². The lowest BCUT2D eigenvalue weighted by Gasteiger charge is -2.13. The van der Waals surface area contributed by atoms with Gasteiger partial charge in [0.25, 0.3) is 0 Å². The molecule has 0 bridgehead atoms. The standard InChI is InChI=1S/C13H10F3N3O/c1-2-18-11-8(6-17)7-19-12-9(11)4-3-5-10(12)20-13(14,15)16/h3-5,7H,2H2,1H3,(H,18,19). The predicted molar refractivity (Wildman–Crippen MR) is 67.3 cm³/mol. The minimum atomic E-state index is -4.79. The van der Waals surface area contributed by atoms with Crippen molar-refractivity contribution in [1.82, 2.24) is 4.98 Å². The van der Waals surface area contributed by atoms with Crippen molar-refractivity contribution in [2.24, 2.45) is 0 Å². The maximum Gasteiger partial charge on any atom is 0.573 e. The molecule has 0 saturated heterocycles. The van der Waals surface area contributed by atoms with Crippen LogP contribution in [0.3, 0.4) is 0 Å². The predicted octanol–water partition coefficient (Wildman–Crippen LogP) is 3.44. The first-order valence-corrected chi connectivity index (χ1v) is 5.77. The van der Waals surface area contributed by atoms with Crippen molar-refractivity contribution in [3.8, 4) is 11.8 Å². The van der Waals surface area contributed by atoms with Gasteiger partial charge >= 0.3 is 6.36 Å². The van der Waals surface area contributed by atoms with Crippen LogP contribution in [-0.2, 0) is 0 Å². The Bertz CT molecular complexity index is 677. The van der Waals surface area contributed by atoms with Gasteiger partial charge in [0.05, 0.1) is 11.3 Å². The van der Waals surface area contributed by atoms with Gasteiger partial charge in [0.1, 0.15) is 11.6 Å². The summed E-state index contributed by atoms with van der Waals surface area (Å²) >= 11 is 0. The fraction of sp³-hybridized carbons (Fsp3) is 0.231. The van der Waals surface area contributed by atoms with Crippen LogP contribution >= 0.6 is 0 Å². The monoisotopic (exact) mass is 281 g/mol. The second-order valence-corrected chi connectivity index (χ2v) is 3.89. The highest BCUT2D eigenvalue weighted by atomic mass is 19.4. The van der Waals surface area contributed by atoms with Gasteiger partial charge in [0, 0.05) is 18.1 Å². The van der Waals surface area contributed by atoms with Crippen LogP contribution in [0.1, 0.15) is 12.5 Å². The van der Waals surface area contributed by atoms with Gasteiger partial charge < -0.3 is 10.1 Å². The Morgan fingerprint density at radius 1 is 1.40 bits per heavy atom. The first-order chi connectivity index (χ1) is 9.46. The van der Waals surface area contributed by atoms with Gasteiger partial charge in [-0.2, -0.15) is 5.26 Å². The van der Waals surface area contributed by atoms with Crippen molar-refractivity contribution in [1.29, 1.82) is 5.26 Å². The molecule has 1 N–H and O–H groups in total. The first-order valence-electron chi connectivity index (χ1n) is 5.77. The van der Waals surface area contributed by atoms with Crippen molar-refractivity contribution in [2.45, 2.75) is 13.3 Å². The molecule has 0 radical (unpaired) electrons. The number of alkyl halides is 3. The number of para-hydroxylation sites is 1. The molecule has 0 saturated carbocycles. The van der Waals surface area contributed by atoms with E-state index < -0.39 is 12.1 Å². The smallest absolute Gasteiger partial charge is 0.403 e. The number of halogens is 3. The molecular formula is C13H10F3N3O. The van der Waals surface area contributed by atoms with Crippen molar-refractivity contribution < 1.29 is 17.9 Å². The third-order valence-electron chi connectivity index (χ3n) is 2.56. The van der Waals surface area contributed by atoms with Crippen LogP contribution in [0.4, 0.5) is 18.9 Å². The summed E-state index contributed by atoms with van der Waals surface area (Å²) in [6, 6.07) is 6.15. The maximum absolute atomic E-state index is 12.3. The average Bonchev–Trinajstić information content (AvgIpc) is 2.38. The largest absolute Gasteiger partial charge is 0.573 e. The third kappa shape index (κ3) is 2.74. The van der Waals surface area contributed by atoms with Gasteiger partial charge in [-0.25, -0.2) is 0 Å². The molecule has 1 aromatic carbocycles. The van der Waals surface area contributed by atoms with E-state index in [-0.39, 0.29) is 11.1 Å². The Labute approximate surface area is 112 Å². The number of anilines is 1. The summed E-state index contributed by atoms with van der Waals surface area (Å²) in [4.78, 5) is 3.89. The van der Waals surface area contributed by atoms with Crippen molar-refractivity contribution in [3.05, 3.63) is 30.0 Å². The van der Waals surface area contributed by atoms with Crippen molar-refractivity contribution in [3.63, 3.8) is 0 Å². The summed E-state index contributed by atoms with van der Waals surface area (Å²) < 4.78 is 41.0. The molecule has 0 spiro atoms. The number of nitrogens with one attached hydrogen (secondary N) is 1. The lowest BCUT2D eigenvalue weighted by molar-refractivity contribution is -0.274. The summed E-state index contributed by atoms with van der Waals surface area (Å²) in [6.45, 7) is 2.35. The molecule has 0 aliphatic carbocycles. The maximum atomic E-state index is 12.3. The Morgan fingerprint density at radius 3 is 2.75 bits per heavy atom. The van der Waals surface area contributed by atoms with Crippen LogP contribution in [0.25, 0.3) is 10.9 Å². The SMILES string of the molecule is CCNc1c(C#N)cnc2c(OC(F)(F)F)cccc12. The zero-order valence-corrected chi connectivity index (χ0v) is 10.5. The van der Waals surface area contributed by atoms with E-state index in [4.69, 9.17) is 5.26 Å². The molecule has 0 amide bonds. The molecule has 20 heavy (non-hydrogen) atoms. The van der Waals surface area contributed by atoms with Gasteiger partial charge in [0.2, 0.25) is 0 Å². The van der Waals surface area contributed by atoms with Crippen LogP contribution in [0.2, 0.25) is 0 Å². The van der Waals surface area contributed by atoms with E-state index in [0.29, 0.717) is 17.6 Å². The fourth-order valence-electron chi connectivity index (χ4n) is 1.85. The van der Waals surface area contributed by atoms with Crippen LogP contribution in [0, 0.1) is 11.3 Å². The average molecular weight is 281 g/mol. The Balaban J connectivity index is 2.65. The van der Waals surface area contributed by atoms with Crippen LogP contribution in [0.15, 0.2) is 24.4 Å². The number of nitriles is 1. The number of ether oxygens (including phenoxy) is 1. The van der Waals surface area contributed by atoms with Crippen molar-refractivity contribution in [2.75, 3.05) is 11.9 Å². The molecule has 0 atom stereocenters. The summed E-state index contributed by atoms with van der Waals surface area (Å²) in [5.74, 6) is -0.390. The molecule has 7 heteroatoms. The lowest BCUT2D eigenvalue weighted by Crippen LogP contribution is -2.17. The quantitative estimate of drug-likeness (QED) is 0.936. The fourth-order valence-corrected chi connectivity index (χ4v) is 1.85. The first kappa shape index (κ1) is 13.9.